The number of aliphatic carboxylic acids is 1. The zero-order chi connectivity index (χ0) is 17.5. The van der Waals surface area contributed by atoms with Crippen molar-refractivity contribution in [3.05, 3.63) is 57.7 Å². The Hall–Kier alpha value is -2.09. The number of carboxylic acids is 1. The zero-order valence-electron chi connectivity index (χ0n) is 13.1. The maximum Gasteiger partial charge on any atom is 0.225 e. The van der Waals surface area contributed by atoms with E-state index in [1.165, 1.54) is 0 Å². The first kappa shape index (κ1) is 18.3. The standard InChI is InChI=1S/C18H18INO4/c1-24-16-8-2-12(3-9-16)10-13(18(22)23)11-17(21)20-15-6-4-14(19)5-7-15/h2-9,13H,10-11H2,1H3,(H,20,21)(H,22,23)/p-1/t13-/m0/s1. The molecule has 0 spiro atoms. The van der Waals surface area contributed by atoms with Crippen molar-refractivity contribution in [2.75, 3.05) is 12.4 Å². The number of ether oxygens (including phenoxy) is 1. The van der Waals surface area contributed by atoms with Gasteiger partial charge in [0.05, 0.1) is 7.11 Å². The molecule has 0 saturated heterocycles. The summed E-state index contributed by atoms with van der Waals surface area (Å²) in [5, 5.41) is 14.0. The molecular weight excluding hydrogens is 421 g/mol. The molecule has 24 heavy (non-hydrogen) atoms. The van der Waals surface area contributed by atoms with E-state index in [0.717, 1.165) is 9.13 Å². The van der Waals surface area contributed by atoms with Crippen molar-refractivity contribution in [3.63, 3.8) is 0 Å². The van der Waals surface area contributed by atoms with Crippen molar-refractivity contribution < 1.29 is 19.4 Å². The molecule has 0 fully saturated rings. The quantitative estimate of drug-likeness (QED) is 0.673. The van der Waals surface area contributed by atoms with Crippen LogP contribution in [0.2, 0.25) is 0 Å². The van der Waals surface area contributed by atoms with Gasteiger partial charge in [0.15, 0.2) is 0 Å². The number of rotatable bonds is 7. The zero-order valence-corrected chi connectivity index (χ0v) is 15.3. The molecule has 5 nitrogen and oxygen atoms in total. The van der Waals surface area contributed by atoms with Crippen LogP contribution in [0.3, 0.4) is 0 Å². The van der Waals surface area contributed by atoms with Crippen molar-refractivity contribution in [2.45, 2.75) is 12.8 Å². The number of methoxy groups -OCH3 is 1. The number of anilines is 1. The number of amides is 1. The summed E-state index contributed by atoms with van der Waals surface area (Å²) in [5.74, 6) is -1.77. The number of carbonyl (C=O) groups is 2. The average Bonchev–Trinajstić information content (AvgIpc) is 2.57. The fourth-order valence-electron chi connectivity index (χ4n) is 2.25. The molecule has 2 aromatic carbocycles. The summed E-state index contributed by atoms with van der Waals surface area (Å²) in [6.07, 6.45) is 0.0901. The minimum Gasteiger partial charge on any atom is -0.550 e. The Balaban J connectivity index is 1.97. The van der Waals surface area contributed by atoms with E-state index >= 15 is 0 Å². The molecule has 0 aliphatic rings. The third-order valence-electron chi connectivity index (χ3n) is 3.53. The van der Waals surface area contributed by atoms with Crippen molar-refractivity contribution in [1.82, 2.24) is 0 Å². The van der Waals surface area contributed by atoms with Crippen molar-refractivity contribution in [1.29, 1.82) is 0 Å². The number of benzene rings is 2. The van der Waals surface area contributed by atoms with E-state index in [1.807, 2.05) is 12.1 Å². The molecule has 1 amide bonds. The van der Waals surface area contributed by atoms with Crippen LogP contribution in [-0.2, 0) is 16.0 Å². The van der Waals surface area contributed by atoms with Gasteiger partial charge in [-0.2, -0.15) is 0 Å². The van der Waals surface area contributed by atoms with Crippen LogP contribution in [0, 0.1) is 9.49 Å². The van der Waals surface area contributed by atoms with Crippen LogP contribution < -0.4 is 15.2 Å². The minimum atomic E-state index is -1.23. The summed E-state index contributed by atoms with van der Waals surface area (Å²) >= 11 is 2.17. The van der Waals surface area contributed by atoms with Crippen LogP contribution in [0.15, 0.2) is 48.5 Å². The maximum atomic E-state index is 12.1. The number of carboxylic acid groups (broad SMARTS) is 1. The van der Waals surface area contributed by atoms with Crippen molar-refractivity contribution in [3.8, 4) is 5.75 Å². The molecular formula is C18H17INO4-. The smallest absolute Gasteiger partial charge is 0.225 e. The fraction of sp³-hybridized carbons (Fsp3) is 0.222. The molecule has 0 saturated carbocycles. The molecule has 0 unspecified atom stereocenters. The molecule has 0 aromatic heterocycles. The highest BCUT2D eigenvalue weighted by Gasteiger charge is 2.16. The van der Waals surface area contributed by atoms with Crippen LogP contribution in [0.1, 0.15) is 12.0 Å². The first-order valence-corrected chi connectivity index (χ1v) is 8.45. The van der Waals surface area contributed by atoms with Crippen molar-refractivity contribution in [2.24, 2.45) is 5.92 Å². The second-order valence-electron chi connectivity index (χ2n) is 5.33. The summed E-state index contributed by atoms with van der Waals surface area (Å²) in [6, 6.07) is 14.4. The Morgan fingerprint density at radius 2 is 1.75 bits per heavy atom. The summed E-state index contributed by atoms with van der Waals surface area (Å²) < 4.78 is 6.12. The topological polar surface area (TPSA) is 78.5 Å². The normalized spacial score (nSPS) is 11.6. The lowest BCUT2D eigenvalue weighted by molar-refractivity contribution is -0.311. The van der Waals surface area contributed by atoms with Gasteiger partial charge in [0.2, 0.25) is 5.91 Å². The molecule has 1 N–H and O–H groups in total. The summed E-state index contributed by atoms with van der Waals surface area (Å²) in [5.41, 5.74) is 1.45. The van der Waals surface area contributed by atoms with E-state index in [2.05, 4.69) is 27.9 Å². The Bertz CT molecular complexity index is 698. The molecule has 0 aliphatic heterocycles. The summed E-state index contributed by atoms with van der Waals surface area (Å²) in [7, 11) is 1.56. The van der Waals surface area contributed by atoms with E-state index in [1.54, 1.807) is 43.5 Å². The van der Waals surface area contributed by atoms with Gasteiger partial charge >= 0.3 is 0 Å². The summed E-state index contributed by atoms with van der Waals surface area (Å²) in [6.45, 7) is 0. The highest BCUT2D eigenvalue weighted by Crippen LogP contribution is 2.18. The third kappa shape index (κ3) is 5.52. The lowest BCUT2D eigenvalue weighted by Crippen LogP contribution is -2.35. The number of nitrogens with one attached hydrogen (secondary N) is 1. The van der Waals surface area contributed by atoms with E-state index in [9.17, 15) is 14.7 Å². The number of halogens is 1. The van der Waals surface area contributed by atoms with Crippen molar-refractivity contribution >= 4 is 40.2 Å². The van der Waals surface area contributed by atoms with Crippen LogP contribution in [0.4, 0.5) is 5.69 Å². The van der Waals surface area contributed by atoms with E-state index in [-0.39, 0.29) is 18.7 Å². The van der Waals surface area contributed by atoms with Crippen LogP contribution in [0.25, 0.3) is 0 Å². The van der Waals surface area contributed by atoms with Gasteiger partial charge in [-0.05, 0) is 71.0 Å². The van der Waals surface area contributed by atoms with E-state index in [4.69, 9.17) is 4.74 Å². The first-order chi connectivity index (χ1) is 11.5. The third-order valence-corrected chi connectivity index (χ3v) is 4.25. The summed E-state index contributed by atoms with van der Waals surface area (Å²) in [4.78, 5) is 23.4. The Morgan fingerprint density at radius 1 is 1.12 bits per heavy atom. The van der Waals surface area contributed by atoms with Gasteiger partial charge in [0.25, 0.3) is 0 Å². The molecule has 6 heteroatoms. The lowest BCUT2D eigenvalue weighted by Gasteiger charge is -2.18. The van der Waals surface area contributed by atoms with Gasteiger partial charge in [-0.15, -0.1) is 0 Å². The fourth-order valence-corrected chi connectivity index (χ4v) is 2.61. The molecule has 1 atom stereocenters. The van der Waals surface area contributed by atoms with Gasteiger partial charge in [0.1, 0.15) is 5.75 Å². The highest BCUT2D eigenvalue weighted by molar-refractivity contribution is 14.1. The van der Waals surface area contributed by atoms with Gasteiger partial charge in [0, 0.05) is 27.6 Å². The molecule has 2 rings (SSSR count). The molecule has 0 bridgehead atoms. The molecule has 0 radical (unpaired) electrons. The van der Waals surface area contributed by atoms with Gasteiger partial charge < -0.3 is 20.0 Å². The largest absolute Gasteiger partial charge is 0.550 e. The van der Waals surface area contributed by atoms with E-state index in [0.29, 0.717) is 11.4 Å². The first-order valence-electron chi connectivity index (χ1n) is 7.37. The number of hydrogen-bond donors (Lipinski definition) is 1. The van der Waals surface area contributed by atoms with Crippen LogP contribution in [-0.4, -0.2) is 19.0 Å². The van der Waals surface area contributed by atoms with E-state index < -0.39 is 11.9 Å². The number of hydrogen-bond acceptors (Lipinski definition) is 4. The minimum absolute atomic E-state index is 0.139. The Labute approximate surface area is 154 Å². The predicted octanol–water partition coefficient (Wildman–Crippen LogP) is 2.24. The van der Waals surface area contributed by atoms with Gasteiger partial charge in [-0.3, -0.25) is 4.79 Å². The predicted molar refractivity (Wildman–Crippen MR) is 97.6 cm³/mol. The SMILES string of the molecule is COc1ccc(C[C@@H](CC(=O)Nc2ccc(I)cc2)C(=O)[O-])cc1. The number of carbonyl (C=O) groups excluding carboxylic acids is 2. The van der Waals surface area contributed by atoms with Gasteiger partial charge in [-0.1, -0.05) is 12.1 Å². The second-order valence-corrected chi connectivity index (χ2v) is 6.57. The molecule has 0 heterocycles. The van der Waals surface area contributed by atoms with Crippen LogP contribution >= 0.6 is 22.6 Å². The highest BCUT2D eigenvalue weighted by atomic mass is 127. The Kier molecular flexibility index (Phi) is 6.60. The second kappa shape index (κ2) is 8.68. The molecule has 0 aliphatic carbocycles. The van der Waals surface area contributed by atoms with Gasteiger partial charge in [-0.25, -0.2) is 0 Å². The molecule has 2 aromatic rings. The average molecular weight is 438 g/mol. The monoisotopic (exact) mass is 438 g/mol. The Morgan fingerprint density at radius 3 is 2.29 bits per heavy atom. The lowest BCUT2D eigenvalue weighted by atomic mass is 9.96. The van der Waals surface area contributed by atoms with Crippen LogP contribution in [0.5, 0.6) is 5.75 Å². The maximum absolute atomic E-state index is 12.1. The molecule has 126 valence electrons.